The van der Waals surface area contributed by atoms with Crippen LogP contribution in [0.4, 0.5) is 0 Å². The summed E-state index contributed by atoms with van der Waals surface area (Å²) in [5.74, 6) is 0.823. The van der Waals surface area contributed by atoms with Crippen molar-refractivity contribution in [1.82, 2.24) is 4.90 Å². The van der Waals surface area contributed by atoms with Crippen LogP contribution in [0, 0.1) is 5.92 Å². The molecule has 1 atom stereocenters. The summed E-state index contributed by atoms with van der Waals surface area (Å²) in [5, 5.41) is 0. The molecular formula is C14H27NO. The number of hydrogen-bond donors (Lipinski definition) is 0. The lowest BCUT2D eigenvalue weighted by Crippen LogP contribution is -2.37. The molecule has 2 heteroatoms. The standard InChI is InChI=1S/C14H27NO/c1-4-13(5-2)15(3)11-12-9-7-6-8-10-14(12)16/h12-13H,4-11H2,1-3H3. The molecule has 1 fully saturated rings. The number of nitrogens with zero attached hydrogens (tertiary/aromatic N) is 1. The zero-order valence-electron chi connectivity index (χ0n) is 11.2. The minimum atomic E-state index is 0.313. The van der Waals surface area contributed by atoms with E-state index in [1.165, 1.54) is 25.7 Å². The Morgan fingerprint density at radius 2 is 1.94 bits per heavy atom. The summed E-state index contributed by atoms with van der Waals surface area (Å²) in [4.78, 5) is 14.3. The maximum Gasteiger partial charge on any atom is 0.137 e. The van der Waals surface area contributed by atoms with Crippen LogP contribution >= 0.6 is 0 Å². The first kappa shape index (κ1) is 13.7. The van der Waals surface area contributed by atoms with E-state index in [9.17, 15) is 4.79 Å². The predicted octanol–water partition coefficient (Wildman–Crippen LogP) is 3.26. The molecule has 1 unspecified atom stereocenters. The fraction of sp³-hybridized carbons (Fsp3) is 0.929. The van der Waals surface area contributed by atoms with Gasteiger partial charge in [-0.15, -0.1) is 0 Å². The highest BCUT2D eigenvalue weighted by atomic mass is 16.1. The number of carbonyl (C=O) groups is 1. The summed E-state index contributed by atoms with van der Waals surface area (Å²) in [5.41, 5.74) is 0. The zero-order valence-corrected chi connectivity index (χ0v) is 11.2. The Bertz CT molecular complexity index is 211. The van der Waals surface area contributed by atoms with Gasteiger partial charge in [0.05, 0.1) is 0 Å². The van der Waals surface area contributed by atoms with Crippen molar-refractivity contribution < 1.29 is 4.79 Å². The number of carbonyl (C=O) groups excluding carboxylic acids is 1. The molecule has 0 spiro atoms. The molecule has 0 aromatic rings. The van der Waals surface area contributed by atoms with Crippen LogP contribution < -0.4 is 0 Å². The molecule has 0 saturated heterocycles. The van der Waals surface area contributed by atoms with Crippen LogP contribution in [0.25, 0.3) is 0 Å². The van der Waals surface area contributed by atoms with Crippen molar-refractivity contribution in [3.8, 4) is 0 Å². The van der Waals surface area contributed by atoms with Crippen molar-refractivity contribution in [2.75, 3.05) is 13.6 Å². The van der Waals surface area contributed by atoms with E-state index in [2.05, 4.69) is 25.8 Å². The highest BCUT2D eigenvalue weighted by molar-refractivity contribution is 5.81. The Hall–Kier alpha value is -0.370. The van der Waals surface area contributed by atoms with E-state index in [4.69, 9.17) is 0 Å². The van der Waals surface area contributed by atoms with Crippen LogP contribution in [-0.4, -0.2) is 30.3 Å². The molecule has 1 saturated carbocycles. The van der Waals surface area contributed by atoms with Crippen LogP contribution in [0.1, 0.15) is 58.8 Å². The van der Waals surface area contributed by atoms with Crippen LogP contribution in [0.5, 0.6) is 0 Å². The Morgan fingerprint density at radius 3 is 2.56 bits per heavy atom. The van der Waals surface area contributed by atoms with E-state index in [1.54, 1.807) is 0 Å². The first-order valence-corrected chi connectivity index (χ1v) is 6.92. The Balaban J connectivity index is 2.47. The van der Waals surface area contributed by atoms with Gasteiger partial charge in [-0.25, -0.2) is 0 Å². The van der Waals surface area contributed by atoms with Gasteiger partial charge in [-0.1, -0.05) is 26.7 Å². The smallest absolute Gasteiger partial charge is 0.137 e. The minimum Gasteiger partial charge on any atom is -0.303 e. The maximum atomic E-state index is 11.9. The number of ketones is 1. The highest BCUT2D eigenvalue weighted by Crippen LogP contribution is 2.21. The lowest BCUT2D eigenvalue weighted by Gasteiger charge is -2.29. The third kappa shape index (κ3) is 3.89. The maximum absolute atomic E-state index is 11.9. The van der Waals surface area contributed by atoms with E-state index >= 15 is 0 Å². The molecule has 1 rings (SSSR count). The van der Waals surface area contributed by atoms with Crippen molar-refractivity contribution >= 4 is 5.78 Å². The molecule has 0 N–H and O–H groups in total. The number of Topliss-reactive ketones (excluding diaryl/α,β-unsaturated/α-hetero) is 1. The van der Waals surface area contributed by atoms with Gasteiger partial charge >= 0.3 is 0 Å². The normalized spacial score (nSPS) is 22.8. The van der Waals surface area contributed by atoms with Gasteiger partial charge in [0, 0.05) is 24.9 Å². The summed E-state index contributed by atoms with van der Waals surface area (Å²) in [6.07, 6.45) is 7.92. The van der Waals surface area contributed by atoms with Crippen molar-refractivity contribution in [3.05, 3.63) is 0 Å². The summed E-state index contributed by atoms with van der Waals surface area (Å²) < 4.78 is 0. The van der Waals surface area contributed by atoms with E-state index in [1.807, 2.05) is 0 Å². The zero-order chi connectivity index (χ0) is 12.0. The average molecular weight is 225 g/mol. The lowest BCUT2D eigenvalue weighted by atomic mass is 9.97. The van der Waals surface area contributed by atoms with Gasteiger partial charge in [0.1, 0.15) is 5.78 Å². The van der Waals surface area contributed by atoms with Gasteiger partial charge in [0.15, 0.2) is 0 Å². The Kier molecular flexibility index (Phi) is 6.04. The predicted molar refractivity (Wildman–Crippen MR) is 68.6 cm³/mol. The molecule has 1 aliphatic carbocycles. The van der Waals surface area contributed by atoms with Crippen molar-refractivity contribution in [2.45, 2.75) is 64.8 Å². The monoisotopic (exact) mass is 225 g/mol. The van der Waals surface area contributed by atoms with Crippen LogP contribution in [-0.2, 0) is 4.79 Å². The number of hydrogen-bond acceptors (Lipinski definition) is 2. The van der Waals surface area contributed by atoms with Crippen LogP contribution in [0.15, 0.2) is 0 Å². The largest absolute Gasteiger partial charge is 0.303 e. The molecule has 94 valence electrons. The quantitative estimate of drug-likeness (QED) is 0.669. The third-order valence-electron chi connectivity index (χ3n) is 4.01. The van der Waals surface area contributed by atoms with E-state index in [-0.39, 0.29) is 0 Å². The molecule has 1 aliphatic rings. The lowest BCUT2D eigenvalue weighted by molar-refractivity contribution is -0.123. The second-order valence-corrected chi connectivity index (χ2v) is 5.17. The SMILES string of the molecule is CCC(CC)N(C)CC1CCCCCC1=O. The van der Waals surface area contributed by atoms with Gasteiger partial charge in [-0.2, -0.15) is 0 Å². The van der Waals surface area contributed by atoms with Crippen molar-refractivity contribution in [1.29, 1.82) is 0 Å². The molecule has 0 bridgehead atoms. The van der Waals surface area contributed by atoms with Crippen LogP contribution in [0.2, 0.25) is 0 Å². The highest BCUT2D eigenvalue weighted by Gasteiger charge is 2.23. The first-order chi connectivity index (χ1) is 7.69. The second-order valence-electron chi connectivity index (χ2n) is 5.17. The molecular weight excluding hydrogens is 198 g/mol. The average Bonchev–Trinajstić information content (AvgIpc) is 2.46. The molecule has 0 aromatic carbocycles. The van der Waals surface area contributed by atoms with Gasteiger partial charge in [0.2, 0.25) is 0 Å². The first-order valence-electron chi connectivity index (χ1n) is 6.92. The summed E-state index contributed by atoms with van der Waals surface area (Å²) in [7, 11) is 2.18. The fourth-order valence-corrected chi connectivity index (χ4v) is 2.83. The summed E-state index contributed by atoms with van der Waals surface area (Å²) >= 11 is 0. The van der Waals surface area contributed by atoms with Crippen molar-refractivity contribution in [2.24, 2.45) is 5.92 Å². The summed E-state index contributed by atoms with van der Waals surface area (Å²) in [6, 6.07) is 0.649. The topological polar surface area (TPSA) is 20.3 Å². The molecule has 0 aromatic heterocycles. The van der Waals surface area contributed by atoms with E-state index in [0.29, 0.717) is 17.7 Å². The molecule has 16 heavy (non-hydrogen) atoms. The van der Waals surface area contributed by atoms with E-state index in [0.717, 1.165) is 25.8 Å². The Labute approximate surface area is 100 Å². The van der Waals surface area contributed by atoms with Crippen LogP contribution in [0.3, 0.4) is 0 Å². The van der Waals surface area contributed by atoms with Crippen molar-refractivity contribution in [3.63, 3.8) is 0 Å². The Morgan fingerprint density at radius 1 is 1.25 bits per heavy atom. The van der Waals surface area contributed by atoms with Gasteiger partial charge in [-0.3, -0.25) is 4.79 Å². The minimum absolute atomic E-state index is 0.313. The molecule has 0 amide bonds. The van der Waals surface area contributed by atoms with Gasteiger partial charge in [-0.05, 0) is 32.7 Å². The molecule has 2 nitrogen and oxygen atoms in total. The molecule has 0 heterocycles. The third-order valence-corrected chi connectivity index (χ3v) is 4.01. The number of rotatable bonds is 5. The summed E-state index contributed by atoms with van der Waals surface area (Å²) in [6.45, 7) is 5.45. The molecule has 0 radical (unpaired) electrons. The van der Waals surface area contributed by atoms with E-state index < -0.39 is 0 Å². The van der Waals surface area contributed by atoms with Gasteiger partial charge < -0.3 is 4.90 Å². The van der Waals surface area contributed by atoms with Gasteiger partial charge in [0.25, 0.3) is 0 Å². The fourth-order valence-electron chi connectivity index (χ4n) is 2.83. The second kappa shape index (κ2) is 7.05. The molecule has 0 aliphatic heterocycles.